The van der Waals surface area contributed by atoms with Gasteiger partial charge < -0.3 is 14.8 Å². The van der Waals surface area contributed by atoms with Gasteiger partial charge in [0.25, 0.3) is 0 Å². The predicted molar refractivity (Wildman–Crippen MR) is 88.4 cm³/mol. The Morgan fingerprint density at radius 3 is 2.43 bits per heavy atom. The van der Waals surface area contributed by atoms with Crippen LogP contribution in [0.15, 0.2) is 18.2 Å². The van der Waals surface area contributed by atoms with Gasteiger partial charge in [-0.1, -0.05) is 13.8 Å². The number of rotatable bonds is 6. The van der Waals surface area contributed by atoms with Gasteiger partial charge in [0.1, 0.15) is 0 Å². The fourth-order valence-corrected chi connectivity index (χ4v) is 3.23. The van der Waals surface area contributed by atoms with Gasteiger partial charge in [0.15, 0.2) is 11.5 Å². The Bertz CT molecular complexity index is 447. The normalized spacial score (nSPS) is 25.4. The summed E-state index contributed by atoms with van der Waals surface area (Å²) >= 11 is 0. The summed E-state index contributed by atoms with van der Waals surface area (Å²) in [6.07, 6.45) is 3.88. The summed E-state index contributed by atoms with van der Waals surface area (Å²) in [6.45, 7) is 10.0. The Morgan fingerprint density at radius 1 is 1.05 bits per heavy atom. The van der Waals surface area contributed by atoms with E-state index in [1.165, 1.54) is 19.3 Å². The number of ether oxygens (including phenoxy) is 2. The molecule has 3 nitrogen and oxygen atoms in total. The molecule has 0 radical (unpaired) electrons. The van der Waals surface area contributed by atoms with Crippen molar-refractivity contribution >= 4 is 5.69 Å². The van der Waals surface area contributed by atoms with Gasteiger partial charge in [0, 0.05) is 17.8 Å². The second-order valence-electron chi connectivity index (χ2n) is 6.17. The lowest BCUT2D eigenvalue weighted by Crippen LogP contribution is -2.32. The highest BCUT2D eigenvalue weighted by molar-refractivity contribution is 5.55. The molecule has 0 saturated heterocycles. The summed E-state index contributed by atoms with van der Waals surface area (Å²) in [5.41, 5.74) is 1.13. The van der Waals surface area contributed by atoms with E-state index in [2.05, 4.69) is 31.3 Å². The first kappa shape index (κ1) is 16.0. The van der Waals surface area contributed by atoms with Gasteiger partial charge in [-0.05, 0) is 57.1 Å². The van der Waals surface area contributed by atoms with Crippen molar-refractivity contribution in [1.82, 2.24) is 0 Å². The highest BCUT2D eigenvalue weighted by atomic mass is 16.5. The monoisotopic (exact) mass is 291 g/mol. The molecule has 0 aromatic heterocycles. The molecule has 0 spiro atoms. The average molecular weight is 291 g/mol. The van der Waals surface area contributed by atoms with Crippen molar-refractivity contribution in [3.63, 3.8) is 0 Å². The van der Waals surface area contributed by atoms with Crippen LogP contribution in [0.3, 0.4) is 0 Å². The summed E-state index contributed by atoms with van der Waals surface area (Å²) in [6, 6.07) is 6.73. The maximum Gasteiger partial charge on any atom is 0.163 e. The van der Waals surface area contributed by atoms with Crippen LogP contribution in [-0.4, -0.2) is 19.3 Å². The maximum absolute atomic E-state index is 5.70. The molecule has 1 aliphatic rings. The van der Waals surface area contributed by atoms with Crippen molar-refractivity contribution in [1.29, 1.82) is 0 Å². The van der Waals surface area contributed by atoms with E-state index in [1.807, 2.05) is 19.9 Å². The third-order valence-electron chi connectivity index (χ3n) is 4.33. The quantitative estimate of drug-likeness (QED) is 0.822. The summed E-state index contributed by atoms with van der Waals surface area (Å²) in [5.74, 6) is 3.24. The van der Waals surface area contributed by atoms with E-state index >= 15 is 0 Å². The predicted octanol–water partition coefficient (Wildman–Crippen LogP) is 4.72. The number of nitrogens with one attached hydrogen (secondary N) is 1. The highest BCUT2D eigenvalue weighted by Gasteiger charge is 2.25. The van der Waals surface area contributed by atoms with Crippen LogP contribution in [0.1, 0.15) is 47.0 Å². The first-order chi connectivity index (χ1) is 10.1. The minimum absolute atomic E-state index is 0.564. The fourth-order valence-electron chi connectivity index (χ4n) is 3.23. The molecule has 1 aromatic carbocycles. The topological polar surface area (TPSA) is 30.5 Å². The fraction of sp³-hybridized carbons (Fsp3) is 0.667. The summed E-state index contributed by atoms with van der Waals surface area (Å²) in [7, 11) is 0. The van der Waals surface area contributed by atoms with Gasteiger partial charge in [0.2, 0.25) is 0 Å². The standard InChI is InChI=1S/C18H29NO2/c1-5-20-17-10-8-15(12-18(17)21-6-2)19-16-9-7-13(3)11-14(16)4/h8,10,12-14,16,19H,5-7,9,11H2,1-4H3. The molecule has 21 heavy (non-hydrogen) atoms. The zero-order valence-electron chi connectivity index (χ0n) is 13.8. The first-order valence-electron chi connectivity index (χ1n) is 8.30. The Balaban J connectivity index is 2.07. The molecule has 1 saturated carbocycles. The molecule has 1 aliphatic carbocycles. The Labute approximate surface area is 129 Å². The zero-order chi connectivity index (χ0) is 15.2. The first-order valence-corrected chi connectivity index (χ1v) is 8.30. The van der Waals surface area contributed by atoms with Gasteiger partial charge >= 0.3 is 0 Å². The Hall–Kier alpha value is -1.38. The minimum atomic E-state index is 0.564. The SMILES string of the molecule is CCOc1ccc(NC2CCC(C)CC2C)cc1OCC. The van der Waals surface area contributed by atoms with E-state index in [9.17, 15) is 0 Å². The van der Waals surface area contributed by atoms with Gasteiger partial charge in [-0.2, -0.15) is 0 Å². The molecule has 0 amide bonds. The van der Waals surface area contributed by atoms with Gasteiger partial charge in [0.05, 0.1) is 13.2 Å². The van der Waals surface area contributed by atoms with Crippen LogP contribution in [0, 0.1) is 11.8 Å². The smallest absolute Gasteiger partial charge is 0.163 e. The van der Waals surface area contributed by atoms with E-state index in [-0.39, 0.29) is 0 Å². The van der Waals surface area contributed by atoms with Crippen LogP contribution < -0.4 is 14.8 Å². The maximum atomic E-state index is 5.70. The van der Waals surface area contributed by atoms with Crippen LogP contribution >= 0.6 is 0 Å². The molecule has 3 atom stereocenters. The highest BCUT2D eigenvalue weighted by Crippen LogP contribution is 2.34. The zero-order valence-corrected chi connectivity index (χ0v) is 13.8. The molecule has 3 unspecified atom stereocenters. The number of anilines is 1. The van der Waals surface area contributed by atoms with Crippen LogP contribution in [0.5, 0.6) is 11.5 Å². The number of hydrogen-bond acceptors (Lipinski definition) is 3. The van der Waals surface area contributed by atoms with Crippen molar-refractivity contribution in [3.8, 4) is 11.5 Å². The second kappa shape index (κ2) is 7.58. The minimum Gasteiger partial charge on any atom is -0.490 e. The van der Waals surface area contributed by atoms with Crippen molar-refractivity contribution in [2.45, 2.75) is 53.0 Å². The van der Waals surface area contributed by atoms with E-state index in [0.717, 1.165) is 29.0 Å². The average Bonchev–Trinajstić information content (AvgIpc) is 2.45. The summed E-state index contributed by atoms with van der Waals surface area (Å²) in [4.78, 5) is 0. The van der Waals surface area contributed by atoms with Crippen LogP contribution in [0.25, 0.3) is 0 Å². The summed E-state index contributed by atoms with van der Waals surface area (Å²) < 4.78 is 11.3. The van der Waals surface area contributed by atoms with Crippen LogP contribution in [-0.2, 0) is 0 Å². The molecular weight excluding hydrogens is 262 g/mol. The lowest BCUT2D eigenvalue weighted by atomic mass is 9.80. The molecule has 1 fully saturated rings. The molecule has 0 bridgehead atoms. The molecule has 1 aromatic rings. The van der Waals surface area contributed by atoms with E-state index in [0.29, 0.717) is 19.3 Å². The lowest BCUT2D eigenvalue weighted by molar-refractivity contribution is 0.276. The third kappa shape index (κ3) is 4.29. The molecule has 1 N–H and O–H groups in total. The van der Waals surface area contributed by atoms with Crippen molar-refractivity contribution in [2.24, 2.45) is 11.8 Å². The number of hydrogen-bond donors (Lipinski definition) is 1. The molecule has 118 valence electrons. The van der Waals surface area contributed by atoms with Gasteiger partial charge in [-0.25, -0.2) is 0 Å². The molecule has 0 aliphatic heterocycles. The van der Waals surface area contributed by atoms with Gasteiger partial charge in [-0.15, -0.1) is 0 Å². The molecule has 3 heteroatoms. The number of benzene rings is 1. The second-order valence-corrected chi connectivity index (χ2v) is 6.17. The van der Waals surface area contributed by atoms with Crippen LogP contribution in [0.2, 0.25) is 0 Å². The van der Waals surface area contributed by atoms with Crippen LogP contribution in [0.4, 0.5) is 5.69 Å². The van der Waals surface area contributed by atoms with Gasteiger partial charge in [-0.3, -0.25) is 0 Å². The molecule has 0 heterocycles. The summed E-state index contributed by atoms with van der Waals surface area (Å²) in [5, 5.41) is 3.68. The Kier molecular flexibility index (Phi) is 5.77. The molecule has 2 rings (SSSR count). The van der Waals surface area contributed by atoms with Crippen molar-refractivity contribution < 1.29 is 9.47 Å². The lowest BCUT2D eigenvalue weighted by Gasteiger charge is -2.34. The van der Waals surface area contributed by atoms with Crippen molar-refractivity contribution in [3.05, 3.63) is 18.2 Å². The van der Waals surface area contributed by atoms with E-state index in [4.69, 9.17) is 9.47 Å². The van der Waals surface area contributed by atoms with E-state index in [1.54, 1.807) is 0 Å². The molecular formula is C18H29NO2. The largest absolute Gasteiger partial charge is 0.490 e. The van der Waals surface area contributed by atoms with Crippen molar-refractivity contribution in [2.75, 3.05) is 18.5 Å². The Morgan fingerprint density at radius 2 is 1.76 bits per heavy atom. The third-order valence-corrected chi connectivity index (χ3v) is 4.33. The van der Waals surface area contributed by atoms with E-state index < -0.39 is 0 Å².